The van der Waals surface area contributed by atoms with Crippen molar-refractivity contribution in [1.82, 2.24) is 4.98 Å². The van der Waals surface area contributed by atoms with Gasteiger partial charge in [0.1, 0.15) is 10.9 Å². The first-order valence-corrected chi connectivity index (χ1v) is 5.17. The van der Waals surface area contributed by atoms with Crippen molar-refractivity contribution in [1.29, 1.82) is 0 Å². The van der Waals surface area contributed by atoms with Gasteiger partial charge < -0.3 is 4.74 Å². The number of hydrogen-bond donors (Lipinski definition) is 0. The summed E-state index contributed by atoms with van der Waals surface area (Å²) in [5.41, 5.74) is -0.339. The molecule has 0 aliphatic rings. The summed E-state index contributed by atoms with van der Waals surface area (Å²) in [6, 6.07) is 6.12. The molecular weight excluding hydrogens is 263 g/mol. The number of hydrogen-bond acceptors (Lipinski definition) is 4. The van der Waals surface area contributed by atoms with Gasteiger partial charge >= 0.3 is 0 Å². The highest BCUT2D eigenvalue weighted by atomic mass is 35.5. The second-order valence-corrected chi connectivity index (χ2v) is 3.68. The zero-order valence-corrected chi connectivity index (χ0v) is 9.60. The predicted molar refractivity (Wildman–Crippen MR) is 62.4 cm³/mol. The van der Waals surface area contributed by atoms with Crippen LogP contribution < -0.4 is 4.74 Å². The highest BCUT2D eigenvalue weighted by molar-refractivity contribution is 6.29. The van der Waals surface area contributed by atoms with Crippen LogP contribution in [0.3, 0.4) is 0 Å². The van der Waals surface area contributed by atoms with Gasteiger partial charge in [-0.05, 0) is 18.2 Å². The first-order chi connectivity index (χ1) is 8.56. The highest BCUT2D eigenvalue weighted by Crippen LogP contribution is 2.27. The quantitative estimate of drug-likeness (QED) is 0.485. The maximum Gasteiger partial charge on any atom is 0.272 e. The molecule has 1 heterocycles. The fourth-order valence-corrected chi connectivity index (χ4v) is 1.35. The number of nitrogens with zero attached hydrogens (tertiary/aromatic N) is 2. The molecule has 1 aromatic heterocycles. The van der Waals surface area contributed by atoms with E-state index in [1.165, 1.54) is 24.4 Å². The molecule has 2 aromatic rings. The standard InChI is InChI=1S/C11H6ClFN2O3/c12-11-4-2-8(6-14-11)18-10-3-1-7(15(16)17)5-9(10)13/h1-6H. The van der Waals surface area contributed by atoms with E-state index in [1.807, 2.05) is 0 Å². The average Bonchev–Trinajstić information content (AvgIpc) is 2.34. The Bertz CT molecular complexity index is 589. The molecule has 0 spiro atoms. The van der Waals surface area contributed by atoms with E-state index < -0.39 is 10.7 Å². The van der Waals surface area contributed by atoms with Crippen LogP contribution in [0.2, 0.25) is 5.15 Å². The summed E-state index contributed by atoms with van der Waals surface area (Å²) in [4.78, 5) is 13.5. The van der Waals surface area contributed by atoms with Gasteiger partial charge in [0.05, 0.1) is 17.2 Å². The van der Waals surface area contributed by atoms with E-state index in [1.54, 1.807) is 0 Å². The summed E-state index contributed by atoms with van der Waals surface area (Å²) < 4.78 is 18.7. The Balaban J connectivity index is 2.24. The molecule has 0 radical (unpaired) electrons. The van der Waals surface area contributed by atoms with Gasteiger partial charge in [-0.15, -0.1) is 0 Å². The first-order valence-electron chi connectivity index (χ1n) is 4.79. The molecule has 2 rings (SSSR count). The number of nitro groups is 1. The van der Waals surface area contributed by atoms with E-state index in [4.69, 9.17) is 16.3 Å². The Morgan fingerprint density at radius 1 is 1.33 bits per heavy atom. The zero-order valence-electron chi connectivity index (χ0n) is 8.84. The summed E-state index contributed by atoms with van der Waals surface area (Å²) in [5.74, 6) is -0.656. The minimum Gasteiger partial charge on any atom is -0.453 e. The van der Waals surface area contributed by atoms with Gasteiger partial charge in [-0.1, -0.05) is 11.6 Å². The topological polar surface area (TPSA) is 65.3 Å². The van der Waals surface area contributed by atoms with Gasteiger partial charge in [0.15, 0.2) is 11.6 Å². The van der Waals surface area contributed by atoms with Gasteiger partial charge in [-0.2, -0.15) is 0 Å². The van der Waals surface area contributed by atoms with Crippen LogP contribution in [-0.4, -0.2) is 9.91 Å². The van der Waals surface area contributed by atoms with E-state index in [0.29, 0.717) is 0 Å². The first kappa shape index (κ1) is 12.3. The Labute approximate surface area is 106 Å². The largest absolute Gasteiger partial charge is 0.453 e. The minimum atomic E-state index is -0.820. The fourth-order valence-electron chi connectivity index (χ4n) is 1.24. The van der Waals surface area contributed by atoms with Crippen LogP contribution in [0.5, 0.6) is 11.5 Å². The highest BCUT2D eigenvalue weighted by Gasteiger charge is 2.12. The van der Waals surface area contributed by atoms with Crippen molar-refractivity contribution in [2.75, 3.05) is 0 Å². The van der Waals surface area contributed by atoms with Gasteiger partial charge in [0, 0.05) is 6.07 Å². The molecule has 7 heteroatoms. The summed E-state index contributed by atoms with van der Waals surface area (Å²) in [5, 5.41) is 10.7. The van der Waals surface area contributed by atoms with Crippen LogP contribution in [0.15, 0.2) is 36.5 Å². The summed E-state index contributed by atoms with van der Waals surface area (Å²) in [7, 11) is 0. The maximum absolute atomic E-state index is 13.5. The van der Waals surface area contributed by atoms with Crippen molar-refractivity contribution >= 4 is 17.3 Å². The molecule has 0 amide bonds. The molecule has 0 atom stereocenters. The lowest BCUT2D eigenvalue weighted by Gasteiger charge is -2.05. The molecule has 0 unspecified atom stereocenters. The van der Waals surface area contributed by atoms with Gasteiger partial charge in [0.25, 0.3) is 5.69 Å². The number of nitro benzene ring substituents is 1. The average molecular weight is 269 g/mol. The van der Waals surface area contributed by atoms with Crippen LogP contribution >= 0.6 is 11.6 Å². The predicted octanol–water partition coefficient (Wildman–Crippen LogP) is 3.57. The normalized spacial score (nSPS) is 10.1. The van der Waals surface area contributed by atoms with E-state index >= 15 is 0 Å². The number of halogens is 2. The van der Waals surface area contributed by atoms with Crippen LogP contribution in [0, 0.1) is 15.9 Å². The minimum absolute atomic E-state index is 0.121. The molecule has 1 aromatic carbocycles. The Morgan fingerprint density at radius 3 is 2.67 bits per heavy atom. The molecule has 0 bridgehead atoms. The van der Waals surface area contributed by atoms with Crippen molar-refractivity contribution in [3.8, 4) is 11.5 Å². The SMILES string of the molecule is O=[N+]([O-])c1ccc(Oc2ccc(Cl)nc2)c(F)c1. The number of aromatic nitrogens is 1. The van der Waals surface area contributed by atoms with Crippen molar-refractivity contribution in [3.63, 3.8) is 0 Å². The third-order valence-corrected chi connectivity index (χ3v) is 2.28. The van der Waals surface area contributed by atoms with E-state index in [0.717, 1.165) is 12.1 Å². The molecule has 0 saturated heterocycles. The molecule has 5 nitrogen and oxygen atoms in total. The molecule has 92 valence electrons. The Morgan fingerprint density at radius 2 is 2.11 bits per heavy atom. The van der Waals surface area contributed by atoms with Gasteiger partial charge in [-0.3, -0.25) is 10.1 Å². The van der Waals surface area contributed by atoms with Crippen LogP contribution in [0.1, 0.15) is 0 Å². The smallest absolute Gasteiger partial charge is 0.272 e. The van der Waals surface area contributed by atoms with Crippen molar-refractivity contribution in [2.45, 2.75) is 0 Å². The molecule has 0 saturated carbocycles. The maximum atomic E-state index is 13.5. The Kier molecular flexibility index (Phi) is 3.38. The lowest BCUT2D eigenvalue weighted by atomic mass is 10.3. The number of rotatable bonds is 3. The molecule has 0 N–H and O–H groups in total. The third kappa shape index (κ3) is 2.72. The van der Waals surface area contributed by atoms with Crippen LogP contribution in [0.4, 0.5) is 10.1 Å². The van der Waals surface area contributed by atoms with Crippen molar-refractivity contribution in [2.24, 2.45) is 0 Å². The lowest BCUT2D eigenvalue weighted by Crippen LogP contribution is -1.92. The summed E-state index contributed by atoms with van der Waals surface area (Å²) in [6.45, 7) is 0. The molecular formula is C11H6ClFN2O3. The van der Waals surface area contributed by atoms with Crippen LogP contribution in [-0.2, 0) is 0 Å². The monoisotopic (exact) mass is 268 g/mol. The number of pyridine rings is 1. The molecule has 0 aliphatic carbocycles. The molecule has 0 aliphatic heterocycles. The van der Waals surface area contributed by atoms with Gasteiger partial charge in [0.2, 0.25) is 0 Å². The van der Waals surface area contributed by atoms with E-state index in [2.05, 4.69) is 4.98 Å². The second kappa shape index (κ2) is 4.97. The number of benzene rings is 1. The van der Waals surface area contributed by atoms with E-state index in [9.17, 15) is 14.5 Å². The van der Waals surface area contributed by atoms with Crippen molar-refractivity contribution in [3.05, 3.63) is 57.6 Å². The lowest BCUT2D eigenvalue weighted by molar-refractivity contribution is -0.385. The summed E-state index contributed by atoms with van der Waals surface area (Å²) >= 11 is 5.59. The molecule has 18 heavy (non-hydrogen) atoms. The van der Waals surface area contributed by atoms with Gasteiger partial charge in [-0.25, -0.2) is 9.37 Å². The zero-order chi connectivity index (χ0) is 13.1. The Hall–Kier alpha value is -2.21. The fraction of sp³-hybridized carbons (Fsp3) is 0. The number of non-ortho nitro benzene ring substituents is 1. The van der Waals surface area contributed by atoms with Crippen LogP contribution in [0.25, 0.3) is 0 Å². The third-order valence-electron chi connectivity index (χ3n) is 2.05. The summed E-state index contributed by atoms with van der Waals surface area (Å²) in [6.07, 6.45) is 1.32. The van der Waals surface area contributed by atoms with E-state index in [-0.39, 0.29) is 22.3 Å². The second-order valence-electron chi connectivity index (χ2n) is 3.29. The van der Waals surface area contributed by atoms with Crippen molar-refractivity contribution < 1.29 is 14.1 Å². The number of ether oxygens (including phenoxy) is 1. The molecule has 0 fully saturated rings.